The molecule has 0 aromatic heterocycles. The molecule has 0 spiro atoms. The van der Waals surface area contributed by atoms with Gasteiger partial charge in [-0.2, -0.15) is 0 Å². The Bertz CT molecular complexity index is 1280. The van der Waals surface area contributed by atoms with E-state index in [9.17, 15) is 4.79 Å². The van der Waals surface area contributed by atoms with E-state index in [-0.39, 0.29) is 5.78 Å². The highest BCUT2D eigenvalue weighted by atomic mass is 16.7. The predicted octanol–water partition coefficient (Wildman–Crippen LogP) is 8.25. The van der Waals surface area contributed by atoms with Crippen LogP contribution < -0.4 is 0 Å². The minimum atomic E-state index is -1.52. The highest BCUT2D eigenvalue weighted by Crippen LogP contribution is 2.33. The van der Waals surface area contributed by atoms with E-state index in [2.05, 4.69) is 62.4 Å². The number of hydrogen-bond donors (Lipinski definition) is 0. The van der Waals surface area contributed by atoms with Crippen LogP contribution in [-0.4, -0.2) is 20.0 Å². The van der Waals surface area contributed by atoms with Gasteiger partial charge in [-0.3, -0.25) is 4.79 Å². The highest BCUT2D eigenvalue weighted by Gasteiger charge is 2.41. The summed E-state index contributed by atoms with van der Waals surface area (Å²) in [6.45, 7) is 4.37. The second-order valence-electron chi connectivity index (χ2n) is 9.40. The normalized spacial score (nSPS) is 11.5. The van der Waals surface area contributed by atoms with Crippen molar-refractivity contribution in [1.82, 2.24) is 0 Å². The van der Waals surface area contributed by atoms with Gasteiger partial charge in [-0.15, -0.1) is 0 Å². The van der Waals surface area contributed by atoms with Crippen molar-refractivity contribution in [2.75, 3.05) is 14.2 Å². The Hall–Kier alpha value is -3.53. The molecule has 4 aromatic carbocycles. The number of methoxy groups -OCH3 is 2. The number of aryl methyl sites for hydroxylation is 2. The maximum Gasteiger partial charge on any atom is 0.260 e. The van der Waals surface area contributed by atoms with Gasteiger partial charge in [0.2, 0.25) is 5.78 Å². The number of carbonyl (C=O) groups excluding carboxylic acids is 1. The van der Waals surface area contributed by atoms with E-state index in [0.717, 1.165) is 47.9 Å². The van der Waals surface area contributed by atoms with Crippen LogP contribution in [0, 0.1) is 0 Å². The van der Waals surface area contributed by atoms with Gasteiger partial charge in [-0.25, -0.2) is 0 Å². The Balaban J connectivity index is 1.56. The van der Waals surface area contributed by atoms with Gasteiger partial charge in [0.1, 0.15) is 0 Å². The third-order valence-electron chi connectivity index (χ3n) is 6.94. The maximum absolute atomic E-state index is 13.7. The van der Waals surface area contributed by atoms with Gasteiger partial charge in [-0.05, 0) is 46.2 Å². The molecular weight excluding hydrogens is 456 g/mol. The molecule has 0 unspecified atom stereocenters. The fourth-order valence-electron chi connectivity index (χ4n) is 4.83. The first-order valence-electron chi connectivity index (χ1n) is 13.1. The first-order chi connectivity index (χ1) is 18.0. The second kappa shape index (κ2) is 12.1. The van der Waals surface area contributed by atoms with Crippen LogP contribution in [0.4, 0.5) is 0 Å². The fourth-order valence-corrected chi connectivity index (χ4v) is 4.83. The number of ether oxygens (including phenoxy) is 2. The Morgan fingerprint density at radius 1 is 0.568 bits per heavy atom. The first-order valence-corrected chi connectivity index (χ1v) is 13.1. The molecule has 4 rings (SSSR count). The summed E-state index contributed by atoms with van der Waals surface area (Å²) in [6, 6.07) is 32.7. The van der Waals surface area contributed by atoms with Crippen LogP contribution in [-0.2, 0) is 28.1 Å². The van der Waals surface area contributed by atoms with Gasteiger partial charge in [0, 0.05) is 25.3 Å². The molecule has 0 N–H and O–H groups in total. The monoisotopic (exact) mass is 492 g/mol. The molecule has 0 radical (unpaired) electrons. The van der Waals surface area contributed by atoms with Crippen molar-refractivity contribution in [3.63, 3.8) is 0 Å². The van der Waals surface area contributed by atoms with Gasteiger partial charge < -0.3 is 9.47 Å². The molecular formula is C34H36O3. The topological polar surface area (TPSA) is 35.5 Å². The lowest BCUT2D eigenvalue weighted by atomic mass is 9.92. The summed E-state index contributed by atoms with van der Waals surface area (Å²) in [7, 11) is 3.02. The molecule has 0 fully saturated rings. The average molecular weight is 493 g/mol. The SMILES string of the molecule is CCCc1ccc(-c2ccc(C(=O)C(OC)(OC)c3ccc(-c4ccc(CCC)cc4)cc3)cc2)cc1. The van der Waals surface area contributed by atoms with Crippen LogP contribution in [0.1, 0.15) is 53.7 Å². The van der Waals surface area contributed by atoms with Crippen molar-refractivity contribution in [2.45, 2.75) is 45.3 Å². The van der Waals surface area contributed by atoms with Crippen LogP contribution in [0.15, 0.2) is 97.1 Å². The molecule has 4 aromatic rings. The molecule has 0 amide bonds. The van der Waals surface area contributed by atoms with Gasteiger partial charge in [0.05, 0.1) is 0 Å². The molecule has 0 bridgehead atoms. The molecule has 3 heteroatoms. The molecule has 0 aliphatic carbocycles. The zero-order valence-corrected chi connectivity index (χ0v) is 22.3. The molecule has 0 aliphatic rings. The summed E-state index contributed by atoms with van der Waals surface area (Å²) >= 11 is 0. The van der Waals surface area contributed by atoms with Crippen molar-refractivity contribution in [2.24, 2.45) is 0 Å². The van der Waals surface area contributed by atoms with Gasteiger partial charge >= 0.3 is 0 Å². The summed E-state index contributed by atoms with van der Waals surface area (Å²) < 4.78 is 11.5. The first kappa shape index (κ1) is 26.5. The number of carbonyl (C=O) groups is 1. The quantitative estimate of drug-likeness (QED) is 0.156. The second-order valence-corrected chi connectivity index (χ2v) is 9.40. The summed E-state index contributed by atoms with van der Waals surface area (Å²) in [4.78, 5) is 13.7. The van der Waals surface area contributed by atoms with Gasteiger partial charge in [0.25, 0.3) is 5.79 Å². The van der Waals surface area contributed by atoms with Crippen molar-refractivity contribution in [3.05, 3.63) is 119 Å². The van der Waals surface area contributed by atoms with Crippen LogP contribution in [0.2, 0.25) is 0 Å². The van der Waals surface area contributed by atoms with Crippen LogP contribution in [0.3, 0.4) is 0 Å². The molecule has 0 saturated carbocycles. The predicted molar refractivity (Wildman–Crippen MR) is 152 cm³/mol. The van der Waals surface area contributed by atoms with E-state index < -0.39 is 5.79 Å². The lowest BCUT2D eigenvalue weighted by molar-refractivity contribution is -0.176. The van der Waals surface area contributed by atoms with E-state index >= 15 is 0 Å². The summed E-state index contributed by atoms with van der Waals surface area (Å²) in [6.07, 6.45) is 4.42. The Morgan fingerprint density at radius 3 is 1.27 bits per heavy atom. The lowest BCUT2D eigenvalue weighted by Gasteiger charge is -2.30. The molecule has 0 aliphatic heterocycles. The van der Waals surface area contributed by atoms with Gasteiger partial charge in [-0.1, -0.05) is 124 Å². The van der Waals surface area contributed by atoms with Crippen molar-refractivity contribution < 1.29 is 14.3 Å². The van der Waals surface area contributed by atoms with E-state index in [1.165, 1.54) is 25.3 Å². The Morgan fingerprint density at radius 2 is 0.919 bits per heavy atom. The van der Waals surface area contributed by atoms with Crippen LogP contribution >= 0.6 is 0 Å². The minimum Gasteiger partial charge on any atom is -0.343 e. The molecule has 37 heavy (non-hydrogen) atoms. The highest BCUT2D eigenvalue weighted by molar-refractivity contribution is 6.02. The van der Waals surface area contributed by atoms with E-state index in [1.807, 2.05) is 48.5 Å². The van der Waals surface area contributed by atoms with Crippen molar-refractivity contribution in [3.8, 4) is 22.3 Å². The number of ketones is 1. The summed E-state index contributed by atoms with van der Waals surface area (Å²) in [5.41, 5.74) is 8.27. The number of hydrogen-bond acceptors (Lipinski definition) is 3. The smallest absolute Gasteiger partial charge is 0.260 e. The Kier molecular flexibility index (Phi) is 8.70. The number of Topliss-reactive ketones (excluding diaryl/α,β-unsaturated/α-hetero) is 1. The molecule has 0 saturated heterocycles. The zero-order valence-electron chi connectivity index (χ0n) is 22.3. The van der Waals surface area contributed by atoms with E-state index in [1.54, 1.807) is 0 Å². The maximum atomic E-state index is 13.7. The van der Waals surface area contributed by atoms with Crippen LogP contribution in [0.5, 0.6) is 0 Å². The van der Waals surface area contributed by atoms with Crippen LogP contribution in [0.25, 0.3) is 22.3 Å². The molecule has 3 nitrogen and oxygen atoms in total. The van der Waals surface area contributed by atoms with Gasteiger partial charge in [0.15, 0.2) is 0 Å². The molecule has 0 atom stereocenters. The Labute approximate surface area is 221 Å². The van der Waals surface area contributed by atoms with E-state index in [0.29, 0.717) is 11.1 Å². The third-order valence-corrected chi connectivity index (χ3v) is 6.94. The summed E-state index contributed by atoms with van der Waals surface area (Å²) in [5.74, 6) is -1.76. The zero-order chi connectivity index (χ0) is 26.3. The van der Waals surface area contributed by atoms with Crippen molar-refractivity contribution in [1.29, 1.82) is 0 Å². The lowest BCUT2D eigenvalue weighted by Crippen LogP contribution is -2.40. The number of benzene rings is 4. The third kappa shape index (κ3) is 5.74. The molecule has 0 heterocycles. The summed E-state index contributed by atoms with van der Waals surface area (Å²) in [5, 5.41) is 0. The standard InChI is InChI=1S/C34H36O3/c1-5-7-25-9-13-27(14-10-25)29-17-19-31(20-18-29)33(35)34(36-3,37-4)32-23-21-30(22-24-32)28-15-11-26(8-6-2)12-16-28/h9-24H,5-8H2,1-4H3. The number of rotatable bonds is 11. The van der Waals surface area contributed by atoms with Crippen molar-refractivity contribution >= 4 is 5.78 Å². The molecule has 190 valence electrons. The largest absolute Gasteiger partial charge is 0.343 e. The van der Waals surface area contributed by atoms with E-state index in [4.69, 9.17) is 9.47 Å². The fraction of sp³-hybridized carbons (Fsp3) is 0.265. The average Bonchev–Trinajstić information content (AvgIpc) is 2.96. The minimum absolute atomic E-state index is 0.237.